The minimum absolute atomic E-state index is 0.660. The van der Waals surface area contributed by atoms with E-state index in [0.717, 1.165) is 0 Å². The molecule has 0 amide bonds. The van der Waals surface area contributed by atoms with E-state index in [-0.39, 0.29) is 0 Å². The van der Waals surface area contributed by atoms with Gasteiger partial charge in [0.05, 0.1) is 0 Å². The summed E-state index contributed by atoms with van der Waals surface area (Å²) in [6.45, 7) is 0. The first-order chi connectivity index (χ1) is 8.95. The van der Waals surface area contributed by atoms with Crippen LogP contribution >= 0.6 is 0 Å². The summed E-state index contributed by atoms with van der Waals surface area (Å²) in [5.41, 5.74) is 10.5. The van der Waals surface area contributed by atoms with E-state index in [1.165, 1.54) is 34.3 Å². The Labute approximate surface area is 106 Å². The van der Waals surface area contributed by atoms with Crippen LogP contribution in [0.25, 0.3) is 16.7 Å². The summed E-state index contributed by atoms with van der Waals surface area (Å²) in [7, 11) is 0. The van der Waals surface area contributed by atoms with Gasteiger partial charge in [-0.3, -0.25) is 0 Å². The van der Waals surface area contributed by atoms with Crippen LogP contribution in [0.15, 0.2) is 54.6 Å². The fourth-order valence-electron chi connectivity index (χ4n) is 3.76. The van der Waals surface area contributed by atoms with Crippen LogP contribution in [-0.2, 0) is 0 Å². The van der Waals surface area contributed by atoms with E-state index in [9.17, 15) is 0 Å². The number of benzene rings is 2. The quantitative estimate of drug-likeness (QED) is 0.623. The predicted octanol–water partition coefficient (Wildman–Crippen LogP) is 4.50. The van der Waals surface area contributed by atoms with E-state index >= 15 is 0 Å². The van der Waals surface area contributed by atoms with Crippen LogP contribution in [0.5, 0.6) is 0 Å². The number of rotatable bonds is 0. The molecule has 0 nitrogen and oxygen atoms in total. The van der Waals surface area contributed by atoms with Gasteiger partial charge in [-0.05, 0) is 45.4 Å². The Morgan fingerprint density at radius 3 is 2.39 bits per heavy atom. The van der Waals surface area contributed by atoms with Crippen LogP contribution in [0.2, 0.25) is 0 Å². The highest BCUT2D eigenvalue weighted by atomic mass is 14.4. The average molecular weight is 228 g/mol. The van der Waals surface area contributed by atoms with Crippen molar-refractivity contribution < 1.29 is 0 Å². The summed E-state index contributed by atoms with van der Waals surface area (Å²) in [4.78, 5) is 0. The maximum Gasteiger partial charge on any atom is 0.0143 e. The molecular formula is C18H12. The zero-order valence-electron chi connectivity index (χ0n) is 9.98. The molecule has 5 rings (SSSR count). The van der Waals surface area contributed by atoms with Crippen molar-refractivity contribution in [3.63, 3.8) is 0 Å². The van der Waals surface area contributed by atoms with Crippen molar-refractivity contribution in [1.82, 2.24) is 0 Å². The Morgan fingerprint density at radius 2 is 1.50 bits per heavy atom. The van der Waals surface area contributed by atoms with E-state index < -0.39 is 0 Å². The Kier molecular flexibility index (Phi) is 1.41. The molecule has 0 fully saturated rings. The Bertz CT molecular complexity index is 759. The molecule has 1 atom stereocenters. The van der Waals surface area contributed by atoms with E-state index in [2.05, 4.69) is 54.6 Å². The van der Waals surface area contributed by atoms with Gasteiger partial charge in [0.1, 0.15) is 0 Å². The molecule has 18 heavy (non-hydrogen) atoms. The maximum atomic E-state index is 2.43. The Hall–Kier alpha value is -2.08. The topological polar surface area (TPSA) is 0 Å². The van der Waals surface area contributed by atoms with Crippen molar-refractivity contribution in [3.05, 3.63) is 76.9 Å². The smallest absolute Gasteiger partial charge is 0.0143 e. The van der Waals surface area contributed by atoms with Gasteiger partial charge in [0.2, 0.25) is 0 Å². The molecule has 0 heteroatoms. The molecule has 1 unspecified atom stereocenters. The van der Waals surface area contributed by atoms with Gasteiger partial charge in [0.25, 0.3) is 0 Å². The van der Waals surface area contributed by atoms with E-state index in [4.69, 9.17) is 0 Å². The lowest BCUT2D eigenvalue weighted by molar-refractivity contribution is 0.823. The fourth-order valence-corrected chi connectivity index (χ4v) is 3.76. The monoisotopic (exact) mass is 228 g/mol. The van der Waals surface area contributed by atoms with E-state index in [1.807, 2.05) is 0 Å². The van der Waals surface area contributed by atoms with Crippen LogP contribution < -0.4 is 0 Å². The van der Waals surface area contributed by atoms with Crippen LogP contribution in [-0.4, -0.2) is 0 Å². The second kappa shape index (κ2) is 2.84. The number of allylic oxidation sites excluding steroid dienone is 4. The summed E-state index contributed by atoms with van der Waals surface area (Å²) in [6, 6.07) is 17.7. The highest BCUT2D eigenvalue weighted by Gasteiger charge is 2.41. The number of hydrogen-bond donors (Lipinski definition) is 0. The number of fused-ring (bicyclic) bond motifs is 8. The third-order valence-electron chi connectivity index (χ3n) is 4.56. The van der Waals surface area contributed by atoms with Gasteiger partial charge < -0.3 is 0 Å². The molecule has 0 aromatic heterocycles. The van der Waals surface area contributed by atoms with E-state index in [1.54, 1.807) is 11.1 Å². The summed E-state index contributed by atoms with van der Waals surface area (Å²) in [5, 5.41) is 0. The zero-order valence-corrected chi connectivity index (χ0v) is 9.98. The molecule has 0 heterocycles. The van der Waals surface area contributed by atoms with Crippen LogP contribution in [0.1, 0.15) is 34.6 Å². The SMILES string of the molecule is C1=C2C(=C3c4ccccc4C3C1)c1ccccc12. The lowest BCUT2D eigenvalue weighted by Crippen LogP contribution is -2.23. The second-order valence-corrected chi connectivity index (χ2v) is 5.33. The zero-order chi connectivity index (χ0) is 11.7. The largest absolute Gasteiger partial charge is 0.0751 e. The molecule has 0 saturated heterocycles. The summed E-state index contributed by atoms with van der Waals surface area (Å²) >= 11 is 0. The Balaban J connectivity index is 1.84. The normalized spacial score (nSPS) is 21.8. The third kappa shape index (κ3) is 0.830. The van der Waals surface area contributed by atoms with Crippen LogP contribution in [0.3, 0.4) is 0 Å². The van der Waals surface area contributed by atoms with E-state index in [0.29, 0.717) is 5.92 Å². The molecule has 0 bridgehead atoms. The second-order valence-electron chi connectivity index (χ2n) is 5.33. The van der Waals surface area contributed by atoms with Crippen molar-refractivity contribution in [1.29, 1.82) is 0 Å². The Morgan fingerprint density at radius 1 is 0.778 bits per heavy atom. The highest BCUT2D eigenvalue weighted by Crippen LogP contribution is 2.61. The molecule has 0 radical (unpaired) electrons. The first-order valence-corrected chi connectivity index (χ1v) is 6.59. The van der Waals surface area contributed by atoms with Gasteiger partial charge in [0.15, 0.2) is 0 Å². The third-order valence-corrected chi connectivity index (χ3v) is 4.56. The van der Waals surface area contributed by atoms with Crippen molar-refractivity contribution in [2.24, 2.45) is 0 Å². The molecule has 0 saturated carbocycles. The molecular weight excluding hydrogens is 216 g/mol. The highest BCUT2D eigenvalue weighted by molar-refractivity contribution is 6.27. The van der Waals surface area contributed by atoms with Crippen LogP contribution in [0, 0.1) is 0 Å². The molecule has 3 aliphatic carbocycles. The van der Waals surface area contributed by atoms with Crippen molar-refractivity contribution in [3.8, 4) is 0 Å². The minimum atomic E-state index is 0.660. The lowest BCUT2D eigenvalue weighted by atomic mass is 9.60. The minimum Gasteiger partial charge on any atom is -0.0751 e. The van der Waals surface area contributed by atoms with Crippen molar-refractivity contribution >= 4 is 16.7 Å². The molecule has 84 valence electrons. The van der Waals surface area contributed by atoms with Gasteiger partial charge >= 0.3 is 0 Å². The fraction of sp³-hybridized carbons (Fsp3) is 0.111. The summed E-state index contributed by atoms with van der Waals surface area (Å²) < 4.78 is 0. The van der Waals surface area contributed by atoms with Crippen LogP contribution in [0.4, 0.5) is 0 Å². The molecule has 0 spiro atoms. The first-order valence-electron chi connectivity index (χ1n) is 6.59. The standard InChI is InChI=1S/C18H12/c1-3-7-13-11(5-1)15-9-10-16-12-6-2-4-8-14(12)18(16)17(13)15/h1-9,16H,10H2. The van der Waals surface area contributed by atoms with Gasteiger partial charge in [-0.2, -0.15) is 0 Å². The molecule has 2 aromatic rings. The van der Waals surface area contributed by atoms with Gasteiger partial charge in [-0.25, -0.2) is 0 Å². The van der Waals surface area contributed by atoms with Gasteiger partial charge in [-0.15, -0.1) is 0 Å². The molecule has 0 aliphatic heterocycles. The first kappa shape index (κ1) is 8.93. The summed E-state index contributed by atoms with van der Waals surface area (Å²) in [6.07, 6.45) is 3.61. The van der Waals surface area contributed by atoms with Gasteiger partial charge in [0, 0.05) is 5.92 Å². The van der Waals surface area contributed by atoms with Gasteiger partial charge in [-0.1, -0.05) is 54.6 Å². The lowest BCUT2D eigenvalue weighted by Gasteiger charge is -2.43. The predicted molar refractivity (Wildman–Crippen MR) is 75.0 cm³/mol. The van der Waals surface area contributed by atoms with Crippen molar-refractivity contribution in [2.75, 3.05) is 0 Å². The molecule has 3 aliphatic rings. The van der Waals surface area contributed by atoms with Crippen molar-refractivity contribution in [2.45, 2.75) is 12.3 Å². The summed E-state index contributed by atoms with van der Waals surface area (Å²) in [5.74, 6) is 0.660. The molecule has 2 aromatic carbocycles. The maximum absolute atomic E-state index is 2.43. The average Bonchev–Trinajstić information content (AvgIpc) is 2.41. The molecule has 0 N–H and O–H groups in total. The number of hydrogen-bond acceptors (Lipinski definition) is 0.